The number of rotatable bonds is 3. The minimum Gasteiger partial charge on any atom is -0.394 e. The molecule has 92 valence electrons. The van der Waals surface area contributed by atoms with Gasteiger partial charge >= 0.3 is 0 Å². The highest BCUT2D eigenvalue weighted by Crippen LogP contribution is 2.40. The van der Waals surface area contributed by atoms with Crippen molar-refractivity contribution in [1.82, 2.24) is 5.06 Å². The fraction of sp³-hybridized carbons (Fsp3) is 0.571. The molecule has 3 nitrogen and oxygen atoms in total. The SMILES string of the molecule is OC[C@@H](c1ccccc1)N1OC[C@@H]2CCC[C@@H]21. The number of hydroxylamine groups is 2. The summed E-state index contributed by atoms with van der Waals surface area (Å²) in [7, 11) is 0. The maximum Gasteiger partial charge on any atom is 0.0836 e. The Morgan fingerprint density at radius 1 is 1.29 bits per heavy atom. The second-order valence-electron chi connectivity index (χ2n) is 5.02. The van der Waals surface area contributed by atoms with Crippen LogP contribution in [0.25, 0.3) is 0 Å². The molecule has 0 unspecified atom stereocenters. The summed E-state index contributed by atoms with van der Waals surface area (Å²) in [4.78, 5) is 5.80. The molecule has 0 aromatic heterocycles. The summed E-state index contributed by atoms with van der Waals surface area (Å²) in [6.07, 6.45) is 3.77. The number of aliphatic hydroxyl groups excluding tert-OH is 1. The molecule has 1 saturated carbocycles. The normalized spacial score (nSPS) is 30.4. The third-order valence-corrected chi connectivity index (χ3v) is 4.05. The minimum absolute atomic E-state index is 0.00991. The van der Waals surface area contributed by atoms with Crippen molar-refractivity contribution in [2.45, 2.75) is 31.3 Å². The van der Waals surface area contributed by atoms with Gasteiger partial charge in [0.2, 0.25) is 0 Å². The van der Waals surface area contributed by atoms with Gasteiger partial charge in [-0.2, -0.15) is 5.06 Å². The van der Waals surface area contributed by atoms with Gasteiger partial charge in [0.25, 0.3) is 0 Å². The summed E-state index contributed by atoms with van der Waals surface area (Å²) in [6, 6.07) is 10.7. The van der Waals surface area contributed by atoms with Crippen LogP contribution >= 0.6 is 0 Å². The Labute approximate surface area is 102 Å². The number of nitrogens with zero attached hydrogens (tertiary/aromatic N) is 1. The lowest BCUT2D eigenvalue weighted by Gasteiger charge is -2.29. The van der Waals surface area contributed by atoms with Crippen molar-refractivity contribution in [3.05, 3.63) is 35.9 Å². The van der Waals surface area contributed by atoms with E-state index in [1.807, 2.05) is 23.3 Å². The van der Waals surface area contributed by atoms with Crippen LogP contribution in [0.5, 0.6) is 0 Å². The van der Waals surface area contributed by atoms with Gasteiger partial charge in [0, 0.05) is 12.0 Å². The van der Waals surface area contributed by atoms with Crippen LogP contribution in [0.2, 0.25) is 0 Å². The van der Waals surface area contributed by atoms with E-state index in [0.717, 1.165) is 12.2 Å². The van der Waals surface area contributed by atoms with E-state index in [-0.39, 0.29) is 12.6 Å². The highest BCUT2D eigenvalue weighted by molar-refractivity contribution is 5.19. The summed E-state index contributed by atoms with van der Waals surface area (Å²) in [5.74, 6) is 0.674. The van der Waals surface area contributed by atoms with Crippen LogP contribution in [0.3, 0.4) is 0 Å². The van der Waals surface area contributed by atoms with Gasteiger partial charge < -0.3 is 5.11 Å². The average Bonchev–Trinajstić information content (AvgIpc) is 2.96. The Kier molecular flexibility index (Phi) is 3.14. The topological polar surface area (TPSA) is 32.7 Å². The van der Waals surface area contributed by atoms with Gasteiger partial charge in [0.1, 0.15) is 0 Å². The minimum atomic E-state index is -0.00991. The molecule has 3 heteroatoms. The third-order valence-electron chi connectivity index (χ3n) is 4.05. The molecule has 1 heterocycles. The number of aliphatic hydroxyl groups is 1. The molecule has 1 aliphatic carbocycles. The van der Waals surface area contributed by atoms with Crippen LogP contribution in [0.1, 0.15) is 30.9 Å². The van der Waals surface area contributed by atoms with E-state index >= 15 is 0 Å². The van der Waals surface area contributed by atoms with E-state index < -0.39 is 0 Å². The maximum absolute atomic E-state index is 9.64. The lowest BCUT2D eigenvalue weighted by atomic mass is 10.0. The zero-order valence-corrected chi connectivity index (χ0v) is 9.96. The maximum atomic E-state index is 9.64. The largest absolute Gasteiger partial charge is 0.394 e. The molecule has 2 fully saturated rings. The first-order chi connectivity index (χ1) is 8.40. The molecule has 2 aliphatic rings. The fourth-order valence-electron chi connectivity index (χ4n) is 3.15. The molecule has 0 amide bonds. The van der Waals surface area contributed by atoms with Crippen LogP contribution in [0.4, 0.5) is 0 Å². The smallest absolute Gasteiger partial charge is 0.0836 e. The molecule has 1 aromatic rings. The van der Waals surface area contributed by atoms with Gasteiger partial charge in [-0.05, 0) is 18.4 Å². The first kappa shape index (κ1) is 11.2. The van der Waals surface area contributed by atoms with Gasteiger partial charge in [-0.15, -0.1) is 0 Å². The molecule has 1 N–H and O–H groups in total. The lowest BCUT2D eigenvalue weighted by molar-refractivity contribution is -0.174. The summed E-state index contributed by atoms with van der Waals surface area (Å²) in [5.41, 5.74) is 1.14. The van der Waals surface area contributed by atoms with Crippen LogP contribution in [-0.4, -0.2) is 29.4 Å². The van der Waals surface area contributed by atoms with Crippen LogP contribution < -0.4 is 0 Å². The molecule has 1 aromatic carbocycles. The van der Waals surface area contributed by atoms with Crippen LogP contribution in [-0.2, 0) is 4.84 Å². The summed E-state index contributed by atoms with van der Waals surface area (Å²) < 4.78 is 0. The Balaban J connectivity index is 1.82. The van der Waals surface area contributed by atoms with Gasteiger partial charge in [0.05, 0.1) is 19.3 Å². The zero-order valence-electron chi connectivity index (χ0n) is 9.96. The molecular weight excluding hydrogens is 214 g/mol. The molecule has 3 rings (SSSR count). The van der Waals surface area contributed by atoms with E-state index in [1.54, 1.807) is 0 Å². The van der Waals surface area contributed by atoms with Crippen molar-refractivity contribution in [3.8, 4) is 0 Å². The third kappa shape index (κ3) is 1.99. The summed E-state index contributed by atoms with van der Waals surface area (Å²) in [5, 5.41) is 11.7. The standard InChI is InChI=1S/C14H19NO2/c16-9-14(11-5-2-1-3-6-11)15-13-8-4-7-12(13)10-17-15/h1-3,5-6,12-14,16H,4,7-10H2/t12-,13-,14-/m0/s1. The molecule has 3 atom stereocenters. The molecule has 1 aliphatic heterocycles. The van der Waals surface area contributed by atoms with Crippen molar-refractivity contribution in [2.24, 2.45) is 5.92 Å². The average molecular weight is 233 g/mol. The monoisotopic (exact) mass is 233 g/mol. The van der Waals surface area contributed by atoms with E-state index in [2.05, 4.69) is 12.1 Å². The van der Waals surface area contributed by atoms with E-state index in [0.29, 0.717) is 12.0 Å². The highest BCUT2D eigenvalue weighted by Gasteiger charge is 2.42. The first-order valence-corrected chi connectivity index (χ1v) is 6.47. The van der Waals surface area contributed by atoms with Crippen molar-refractivity contribution in [1.29, 1.82) is 0 Å². The predicted molar refractivity (Wildman–Crippen MR) is 65.2 cm³/mol. The summed E-state index contributed by atoms with van der Waals surface area (Å²) in [6.45, 7) is 0.946. The molecule has 0 spiro atoms. The Morgan fingerprint density at radius 3 is 2.88 bits per heavy atom. The first-order valence-electron chi connectivity index (χ1n) is 6.47. The van der Waals surface area contributed by atoms with E-state index in [4.69, 9.17) is 4.84 Å². The summed E-state index contributed by atoms with van der Waals surface area (Å²) >= 11 is 0. The van der Waals surface area contributed by atoms with Gasteiger partial charge in [-0.3, -0.25) is 4.84 Å². The highest BCUT2D eigenvalue weighted by atomic mass is 16.7. The molecule has 17 heavy (non-hydrogen) atoms. The van der Waals surface area contributed by atoms with Gasteiger partial charge in [-0.1, -0.05) is 36.8 Å². The van der Waals surface area contributed by atoms with E-state index in [9.17, 15) is 5.11 Å². The van der Waals surface area contributed by atoms with Crippen molar-refractivity contribution >= 4 is 0 Å². The number of benzene rings is 1. The molecule has 0 radical (unpaired) electrons. The number of fused-ring (bicyclic) bond motifs is 1. The van der Waals surface area contributed by atoms with Crippen LogP contribution in [0, 0.1) is 5.92 Å². The van der Waals surface area contributed by atoms with Crippen LogP contribution in [0.15, 0.2) is 30.3 Å². The Morgan fingerprint density at radius 2 is 2.12 bits per heavy atom. The quantitative estimate of drug-likeness (QED) is 0.868. The molecular formula is C14H19NO2. The molecule has 0 bridgehead atoms. The Bertz CT molecular complexity index is 368. The van der Waals surface area contributed by atoms with E-state index in [1.165, 1.54) is 19.3 Å². The second-order valence-corrected chi connectivity index (χ2v) is 5.02. The molecule has 1 saturated heterocycles. The zero-order chi connectivity index (χ0) is 11.7. The van der Waals surface area contributed by atoms with Crippen molar-refractivity contribution in [2.75, 3.05) is 13.2 Å². The second kappa shape index (κ2) is 4.77. The van der Waals surface area contributed by atoms with Crippen molar-refractivity contribution in [3.63, 3.8) is 0 Å². The van der Waals surface area contributed by atoms with Crippen molar-refractivity contribution < 1.29 is 9.94 Å². The predicted octanol–water partition coefficient (Wildman–Crippen LogP) is 2.14. The number of hydrogen-bond donors (Lipinski definition) is 1. The Hall–Kier alpha value is -0.900. The fourth-order valence-corrected chi connectivity index (χ4v) is 3.15. The van der Waals surface area contributed by atoms with Gasteiger partial charge in [0.15, 0.2) is 0 Å². The lowest BCUT2D eigenvalue weighted by Crippen LogP contribution is -2.34. The van der Waals surface area contributed by atoms with Gasteiger partial charge in [-0.25, -0.2) is 0 Å². The number of hydrogen-bond acceptors (Lipinski definition) is 3.